The van der Waals surface area contributed by atoms with E-state index in [2.05, 4.69) is 9.97 Å². The summed E-state index contributed by atoms with van der Waals surface area (Å²) < 4.78 is 24.5. The Kier molecular flexibility index (Phi) is 3.63. The summed E-state index contributed by atoms with van der Waals surface area (Å²) in [6.07, 6.45) is 1.68. The minimum atomic E-state index is -0.900. The first-order valence-electron chi connectivity index (χ1n) is 7.11. The fourth-order valence-corrected chi connectivity index (χ4v) is 2.56. The molecule has 7 heteroatoms. The summed E-state index contributed by atoms with van der Waals surface area (Å²) in [7, 11) is 0. The van der Waals surface area contributed by atoms with Gasteiger partial charge in [-0.15, -0.1) is 0 Å². The number of amides is 1. The van der Waals surface area contributed by atoms with Gasteiger partial charge in [0.1, 0.15) is 18.0 Å². The van der Waals surface area contributed by atoms with Crippen molar-refractivity contribution in [3.05, 3.63) is 47.2 Å². The third kappa shape index (κ3) is 3.08. The number of aromatic nitrogens is 2. The number of carbonyl (C=O) groups is 1. The maximum atomic E-state index is 13.1. The number of hydrogen-bond donors (Lipinski definition) is 1. The zero-order valence-electron chi connectivity index (χ0n) is 12.8. The Hall–Kier alpha value is -2.70. The van der Waals surface area contributed by atoms with E-state index in [1.54, 1.807) is 0 Å². The van der Waals surface area contributed by atoms with E-state index < -0.39 is 11.9 Å². The van der Waals surface area contributed by atoms with E-state index in [1.165, 1.54) is 0 Å². The molecule has 0 aliphatic carbocycles. The van der Waals surface area contributed by atoms with Gasteiger partial charge < -0.3 is 15.2 Å². The molecule has 0 saturated carbocycles. The second-order valence-corrected chi connectivity index (χ2v) is 5.94. The molecule has 1 aliphatic rings. The lowest BCUT2D eigenvalue weighted by atomic mass is 10.0. The average molecular weight is 317 g/mol. The number of nitrogens with zero attached hydrogens (tertiary/aromatic N) is 2. The van der Waals surface area contributed by atoms with E-state index in [0.29, 0.717) is 0 Å². The second kappa shape index (κ2) is 5.49. The quantitative estimate of drug-likeness (QED) is 0.932. The lowest BCUT2D eigenvalue weighted by molar-refractivity contribution is 0.0988. The molecule has 1 aromatic heterocycles. The topological polar surface area (TPSA) is 87.3 Å². The zero-order valence-corrected chi connectivity index (χ0v) is 12.8. The van der Waals surface area contributed by atoms with Gasteiger partial charge >= 0.3 is 0 Å². The number of para-hydroxylation sites is 1. The summed E-state index contributed by atoms with van der Waals surface area (Å²) in [6, 6.07) is 5.77. The summed E-state index contributed by atoms with van der Waals surface area (Å²) in [4.78, 5) is 18.5. The molecule has 1 aromatic carbocycles. The van der Waals surface area contributed by atoms with E-state index in [0.717, 1.165) is 29.5 Å². The highest BCUT2D eigenvalue weighted by atomic mass is 19.1. The molecule has 2 aromatic rings. The number of halogens is 1. The summed E-state index contributed by atoms with van der Waals surface area (Å²) in [6.45, 7) is 4.13. The zero-order chi connectivity index (χ0) is 16.6. The van der Waals surface area contributed by atoms with Crippen molar-refractivity contribution in [3.63, 3.8) is 0 Å². The van der Waals surface area contributed by atoms with E-state index >= 15 is 0 Å². The van der Waals surface area contributed by atoms with Crippen LogP contribution in [-0.4, -0.2) is 21.5 Å². The van der Waals surface area contributed by atoms with Crippen molar-refractivity contribution in [2.75, 3.05) is 0 Å². The first kappa shape index (κ1) is 15.2. The molecular formula is C16H16FN3O3. The Bertz CT molecular complexity index is 777. The summed E-state index contributed by atoms with van der Waals surface area (Å²) >= 11 is 0. The predicted molar refractivity (Wildman–Crippen MR) is 79.7 cm³/mol. The smallest absolute Gasteiger partial charge is 0.273 e. The van der Waals surface area contributed by atoms with Crippen LogP contribution in [0, 0.1) is 5.95 Å². The molecule has 2 heterocycles. The van der Waals surface area contributed by atoms with Crippen LogP contribution < -0.4 is 15.2 Å². The normalized spacial score (nSPS) is 14.9. The number of hydrogen-bond acceptors (Lipinski definition) is 5. The molecule has 2 N–H and O–H groups in total. The van der Waals surface area contributed by atoms with Gasteiger partial charge in [-0.05, 0) is 19.4 Å². The first-order chi connectivity index (χ1) is 10.9. The van der Waals surface area contributed by atoms with Gasteiger partial charge in [-0.2, -0.15) is 4.39 Å². The minimum Gasteiger partial charge on any atom is -0.487 e. The number of benzene rings is 1. The molecule has 0 atom stereocenters. The minimum absolute atomic E-state index is 0.103. The molecule has 0 bridgehead atoms. The highest BCUT2D eigenvalue weighted by molar-refractivity contribution is 5.92. The second-order valence-electron chi connectivity index (χ2n) is 5.94. The third-order valence-corrected chi connectivity index (χ3v) is 3.48. The van der Waals surface area contributed by atoms with Gasteiger partial charge in [0.25, 0.3) is 5.91 Å². The van der Waals surface area contributed by atoms with Crippen molar-refractivity contribution in [1.82, 2.24) is 9.97 Å². The molecule has 6 nitrogen and oxygen atoms in total. The van der Waals surface area contributed by atoms with Crippen LogP contribution in [0.3, 0.4) is 0 Å². The van der Waals surface area contributed by atoms with Crippen LogP contribution in [0.5, 0.6) is 11.6 Å². The highest BCUT2D eigenvalue weighted by Crippen LogP contribution is 2.37. The van der Waals surface area contributed by atoms with Gasteiger partial charge in [0.2, 0.25) is 11.8 Å². The number of carbonyl (C=O) groups excluding carboxylic acids is 1. The van der Waals surface area contributed by atoms with Crippen molar-refractivity contribution in [3.8, 4) is 11.6 Å². The van der Waals surface area contributed by atoms with Crippen molar-refractivity contribution < 1.29 is 18.7 Å². The Labute approximate surface area is 132 Å². The molecule has 1 amide bonds. The van der Waals surface area contributed by atoms with Gasteiger partial charge in [0.05, 0.1) is 6.20 Å². The average Bonchev–Trinajstić information content (AvgIpc) is 2.80. The van der Waals surface area contributed by atoms with Crippen LogP contribution in [0.1, 0.15) is 35.5 Å². The number of nitrogens with two attached hydrogens (primary N) is 1. The number of primary amides is 1. The summed E-state index contributed by atoms with van der Waals surface area (Å²) in [5, 5.41) is 0. The van der Waals surface area contributed by atoms with Crippen LogP contribution in [0.15, 0.2) is 24.4 Å². The molecule has 0 spiro atoms. The SMILES string of the molecule is CC1(C)Cc2cccc(COc3ncc(F)nc3C(N)=O)c2O1. The maximum Gasteiger partial charge on any atom is 0.273 e. The van der Waals surface area contributed by atoms with Crippen LogP contribution >= 0.6 is 0 Å². The largest absolute Gasteiger partial charge is 0.487 e. The van der Waals surface area contributed by atoms with Crippen molar-refractivity contribution >= 4 is 5.91 Å². The van der Waals surface area contributed by atoms with Crippen LogP contribution in [0.4, 0.5) is 4.39 Å². The Balaban J connectivity index is 1.84. The van der Waals surface area contributed by atoms with Gasteiger partial charge in [-0.25, -0.2) is 9.97 Å². The Morgan fingerprint density at radius 3 is 3.00 bits per heavy atom. The monoisotopic (exact) mass is 317 g/mol. The number of fused-ring (bicyclic) bond motifs is 1. The fourth-order valence-electron chi connectivity index (χ4n) is 2.56. The van der Waals surface area contributed by atoms with Gasteiger partial charge in [0.15, 0.2) is 5.69 Å². The van der Waals surface area contributed by atoms with Crippen molar-refractivity contribution in [2.45, 2.75) is 32.5 Å². The van der Waals surface area contributed by atoms with Crippen LogP contribution in [0.25, 0.3) is 0 Å². The molecule has 3 rings (SSSR count). The van der Waals surface area contributed by atoms with Crippen LogP contribution in [0.2, 0.25) is 0 Å². The van der Waals surface area contributed by atoms with Crippen molar-refractivity contribution in [1.29, 1.82) is 0 Å². The highest BCUT2D eigenvalue weighted by Gasteiger charge is 2.31. The predicted octanol–water partition coefficient (Wildman–Crippen LogP) is 2.01. The first-order valence-corrected chi connectivity index (χ1v) is 7.11. The molecule has 1 aliphatic heterocycles. The number of rotatable bonds is 4. The standard InChI is InChI=1S/C16H16FN3O3/c1-16(2)6-9-4-3-5-10(13(9)23-16)8-22-15-12(14(18)21)20-11(17)7-19-15/h3-5,7H,6,8H2,1-2H3,(H2,18,21). The van der Waals surface area contributed by atoms with Gasteiger partial charge in [-0.3, -0.25) is 4.79 Å². The summed E-state index contributed by atoms with van der Waals surface area (Å²) in [5.41, 5.74) is 6.47. The summed E-state index contributed by atoms with van der Waals surface area (Å²) in [5.74, 6) is -1.12. The van der Waals surface area contributed by atoms with Crippen LogP contribution in [-0.2, 0) is 13.0 Å². The lowest BCUT2D eigenvalue weighted by Gasteiger charge is -2.18. The van der Waals surface area contributed by atoms with Gasteiger partial charge in [0, 0.05) is 12.0 Å². The molecular weight excluding hydrogens is 301 g/mol. The molecule has 120 valence electrons. The number of ether oxygens (including phenoxy) is 2. The molecule has 0 fully saturated rings. The Morgan fingerprint density at radius 2 is 2.26 bits per heavy atom. The Morgan fingerprint density at radius 1 is 1.48 bits per heavy atom. The van der Waals surface area contributed by atoms with E-state index in [4.69, 9.17) is 15.2 Å². The maximum absolute atomic E-state index is 13.1. The third-order valence-electron chi connectivity index (χ3n) is 3.48. The van der Waals surface area contributed by atoms with E-state index in [1.807, 2.05) is 32.0 Å². The molecule has 0 unspecified atom stereocenters. The molecule has 0 saturated heterocycles. The van der Waals surface area contributed by atoms with E-state index in [9.17, 15) is 9.18 Å². The van der Waals surface area contributed by atoms with Crippen molar-refractivity contribution in [2.24, 2.45) is 5.73 Å². The molecule has 0 radical (unpaired) electrons. The van der Waals surface area contributed by atoms with Gasteiger partial charge in [-0.1, -0.05) is 18.2 Å². The molecule has 23 heavy (non-hydrogen) atoms. The lowest BCUT2D eigenvalue weighted by Crippen LogP contribution is -2.25. The fraction of sp³-hybridized carbons (Fsp3) is 0.312. The van der Waals surface area contributed by atoms with E-state index in [-0.39, 0.29) is 23.8 Å².